The Morgan fingerprint density at radius 2 is 1.89 bits per heavy atom. The van der Waals surface area contributed by atoms with Crippen LogP contribution in [-0.2, 0) is 9.59 Å². The average molecular weight is 265 g/mol. The summed E-state index contributed by atoms with van der Waals surface area (Å²) in [5.41, 5.74) is 7.17. The van der Waals surface area contributed by atoms with Gasteiger partial charge in [-0.05, 0) is 24.6 Å². The minimum Gasteiger partial charge on any atom is -0.480 e. The number of anilines is 1. The first-order valence-corrected chi connectivity index (χ1v) is 5.53. The summed E-state index contributed by atoms with van der Waals surface area (Å²) in [5, 5.41) is 12.9. The van der Waals surface area contributed by atoms with Crippen LogP contribution in [0.1, 0.15) is 15.9 Å². The quantitative estimate of drug-likeness (QED) is 0.535. The molecule has 0 bridgehead atoms. The number of aliphatic carboxylic acids is 1. The van der Waals surface area contributed by atoms with E-state index < -0.39 is 24.3 Å². The fourth-order valence-electron chi connectivity index (χ4n) is 1.39. The summed E-state index contributed by atoms with van der Waals surface area (Å²) in [7, 11) is 0. The van der Waals surface area contributed by atoms with E-state index in [1.54, 1.807) is 25.1 Å². The zero-order chi connectivity index (χ0) is 14.4. The molecule has 2 amide bonds. The van der Waals surface area contributed by atoms with Crippen molar-refractivity contribution in [3.8, 4) is 0 Å². The van der Waals surface area contributed by atoms with Crippen molar-refractivity contribution in [1.82, 2.24) is 10.6 Å². The Labute approximate surface area is 109 Å². The Balaban J connectivity index is 2.54. The Morgan fingerprint density at radius 3 is 2.53 bits per heavy atom. The number of hydrogen-bond acceptors (Lipinski definition) is 4. The van der Waals surface area contributed by atoms with Gasteiger partial charge in [0.2, 0.25) is 5.91 Å². The molecule has 1 aromatic rings. The van der Waals surface area contributed by atoms with Crippen molar-refractivity contribution < 1.29 is 19.5 Å². The van der Waals surface area contributed by atoms with Crippen molar-refractivity contribution in [3.63, 3.8) is 0 Å². The van der Waals surface area contributed by atoms with E-state index >= 15 is 0 Å². The first kappa shape index (κ1) is 14.5. The van der Waals surface area contributed by atoms with Gasteiger partial charge < -0.3 is 21.5 Å². The molecule has 7 heteroatoms. The van der Waals surface area contributed by atoms with Crippen LogP contribution < -0.4 is 16.4 Å². The smallest absolute Gasteiger partial charge is 0.322 e. The summed E-state index contributed by atoms with van der Waals surface area (Å²) < 4.78 is 0. The molecule has 0 aliphatic carbocycles. The van der Waals surface area contributed by atoms with Crippen molar-refractivity contribution in [1.29, 1.82) is 0 Å². The molecular weight excluding hydrogens is 250 g/mol. The summed E-state index contributed by atoms with van der Waals surface area (Å²) >= 11 is 0. The van der Waals surface area contributed by atoms with Gasteiger partial charge in [-0.15, -0.1) is 0 Å². The molecule has 0 saturated carbocycles. The topological polar surface area (TPSA) is 122 Å². The predicted molar refractivity (Wildman–Crippen MR) is 68.6 cm³/mol. The molecule has 5 N–H and O–H groups in total. The van der Waals surface area contributed by atoms with Gasteiger partial charge in [-0.25, -0.2) is 0 Å². The third-order valence-corrected chi connectivity index (χ3v) is 2.47. The standard InChI is InChI=1S/C12H15N3O4/c1-7-8(3-2-4-9(7)13)12(19)15-5-10(16)14-6-11(17)18/h2-4H,5-6,13H2,1H3,(H,14,16)(H,15,19)(H,17,18). The Kier molecular flexibility index (Phi) is 4.87. The number of nitrogens with two attached hydrogens (primary N) is 1. The van der Waals surface area contributed by atoms with Gasteiger partial charge in [-0.1, -0.05) is 6.07 Å². The van der Waals surface area contributed by atoms with Crippen LogP contribution in [0.5, 0.6) is 0 Å². The highest BCUT2D eigenvalue weighted by Crippen LogP contribution is 2.14. The van der Waals surface area contributed by atoms with Gasteiger partial charge in [0.15, 0.2) is 0 Å². The Bertz CT molecular complexity index is 514. The minimum atomic E-state index is -1.15. The first-order valence-electron chi connectivity index (χ1n) is 5.53. The fraction of sp³-hybridized carbons (Fsp3) is 0.250. The maximum atomic E-state index is 11.8. The van der Waals surface area contributed by atoms with Crippen molar-refractivity contribution in [3.05, 3.63) is 29.3 Å². The van der Waals surface area contributed by atoms with E-state index in [0.717, 1.165) is 0 Å². The van der Waals surface area contributed by atoms with E-state index in [1.807, 2.05) is 0 Å². The second-order valence-corrected chi connectivity index (χ2v) is 3.87. The van der Waals surface area contributed by atoms with Gasteiger partial charge in [-0.2, -0.15) is 0 Å². The number of nitrogen functional groups attached to an aromatic ring is 1. The van der Waals surface area contributed by atoms with Crippen LogP contribution in [-0.4, -0.2) is 36.0 Å². The summed E-state index contributed by atoms with van der Waals surface area (Å²) in [6.07, 6.45) is 0. The van der Waals surface area contributed by atoms with Crippen LogP contribution in [0.15, 0.2) is 18.2 Å². The third-order valence-electron chi connectivity index (χ3n) is 2.47. The average Bonchev–Trinajstić information content (AvgIpc) is 2.36. The van der Waals surface area contributed by atoms with Gasteiger partial charge >= 0.3 is 5.97 Å². The maximum absolute atomic E-state index is 11.8. The van der Waals surface area contributed by atoms with E-state index in [-0.39, 0.29) is 6.54 Å². The molecule has 0 atom stereocenters. The predicted octanol–water partition coefficient (Wildman–Crippen LogP) is -0.492. The van der Waals surface area contributed by atoms with Gasteiger partial charge in [-0.3, -0.25) is 14.4 Å². The molecule has 0 fully saturated rings. The number of carbonyl (C=O) groups excluding carboxylic acids is 2. The number of carboxylic acid groups (broad SMARTS) is 1. The highest BCUT2D eigenvalue weighted by molar-refractivity contribution is 5.98. The Morgan fingerprint density at radius 1 is 1.21 bits per heavy atom. The van der Waals surface area contributed by atoms with Crippen LogP contribution in [0.4, 0.5) is 5.69 Å². The number of hydrogen-bond donors (Lipinski definition) is 4. The monoisotopic (exact) mass is 265 g/mol. The molecule has 0 aromatic heterocycles. The van der Waals surface area contributed by atoms with Crippen molar-refractivity contribution in [2.45, 2.75) is 6.92 Å². The second kappa shape index (κ2) is 6.39. The zero-order valence-corrected chi connectivity index (χ0v) is 10.4. The summed E-state index contributed by atoms with van der Waals surface area (Å²) in [6, 6.07) is 4.91. The number of benzene rings is 1. The van der Waals surface area contributed by atoms with Crippen LogP contribution in [0.3, 0.4) is 0 Å². The molecule has 0 heterocycles. The van der Waals surface area contributed by atoms with Crippen LogP contribution in [0.2, 0.25) is 0 Å². The largest absolute Gasteiger partial charge is 0.480 e. The van der Waals surface area contributed by atoms with Crippen LogP contribution >= 0.6 is 0 Å². The van der Waals surface area contributed by atoms with Gasteiger partial charge in [0, 0.05) is 11.3 Å². The van der Waals surface area contributed by atoms with E-state index in [4.69, 9.17) is 10.8 Å². The number of rotatable bonds is 5. The number of nitrogens with one attached hydrogen (secondary N) is 2. The van der Waals surface area contributed by atoms with E-state index in [1.165, 1.54) is 0 Å². The SMILES string of the molecule is Cc1c(N)cccc1C(=O)NCC(=O)NCC(=O)O. The molecule has 0 aliphatic heterocycles. The normalized spacial score (nSPS) is 9.74. The summed E-state index contributed by atoms with van der Waals surface area (Å²) in [6.45, 7) is 0.932. The van der Waals surface area contributed by atoms with Crippen LogP contribution in [0.25, 0.3) is 0 Å². The molecule has 19 heavy (non-hydrogen) atoms. The lowest BCUT2D eigenvalue weighted by Crippen LogP contribution is -2.39. The molecule has 0 saturated heterocycles. The number of carboxylic acids is 1. The van der Waals surface area contributed by atoms with Gasteiger partial charge in [0.1, 0.15) is 6.54 Å². The third kappa shape index (κ3) is 4.30. The molecule has 0 spiro atoms. The lowest BCUT2D eigenvalue weighted by molar-refractivity contribution is -0.137. The number of carbonyl (C=O) groups is 3. The van der Waals surface area contributed by atoms with Crippen molar-refractivity contribution in [2.24, 2.45) is 0 Å². The highest BCUT2D eigenvalue weighted by Gasteiger charge is 2.11. The maximum Gasteiger partial charge on any atom is 0.322 e. The zero-order valence-electron chi connectivity index (χ0n) is 10.4. The molecule has 7 nitrogen and oxygen atoms in total. The van der Waals surface area contributed by atoms with E-state index in [0.29, 0.717) is 16.8 Å². The molecule has 0 radical (unpaired) electrons. The van der Waals surface area contributed by atoms with Crippen LogP contribution in [0, 0.1) is 6.92 Å². The van der Waals surface area contributed by atoms with Gasteiger partial charge in [0.25, 0.3) is 5.91 Å². The summed E-state index contributed by atoms with van der Waals surface area (Å²) in [4.78, 5) is 33.2. The lowest BCUT2D eigenvalue weighted by atomic mass is 10.1. The highest BCUT2D eigenvalue weighted by atomic mass is 16.4. The molecule has 1 rings (SSSR count). The Hall–Kier alpha value is -2.57. The van der Waals surface area contributed by atoms with E-state index in [9.17, 15) is 14.4 Å². The van der Waals surface area contributed by atoms with Gasteiger partial charge in [0.05, 0.1) is 6.54 Å². The molecule has 0 unspecified atom stereocenters. The summed E-state index contributed by atoms with van der Waals surface area (Å²) in [5.74, 6) is -2.15. The molecular formula is C12H15N3O4. The number of amides is 2. The van der Waals surface area contributed by atoms with E-state index in [2.05, 4.69) is 10.6 Å². The van der Waals surface area contributed by atoms with Crippen molar-refractivity contribution in [2.75, 3.05) is 18.8 Å². The lowest BCUT2D eigenvalue weighted by Gasteiger charge is -2.09. The molecule has 102 valence electrons. The second-order valence-electron chi connectivity index (χ2n) is 3.87. The molecule has 1 aromatic carbocycles. The van der Waals surface area contributed by atoms with Crippen molar-refractivity contribution >= 4 is 23.5 Å². The first-order chi connectivity index (χ1) is 8.91. The molecule has 0 aliphatic rings. The minimum absolute atomic E-state index is 0.291. The fourth-order valence-corrected chi connectivity index (χ4v) is 1.39.